The summed E-state index contributed by atoms with van der Waals surface area (Å²) in [7, 11) is 1.15. The second kappa shape index (κ2) is 3.88. The molecule has 1 heterocycles. The first-order valence-corrected chi connectivity index (χ1v) is 3.99. The zero-order valence-corrected chi connectivity index (χ0v) is 8.05. The second-order valence-electron chi connectivity index (χ2n) is 2.90. The lowest BCUT2D eigenvalue weighted by atomic mass is 10.1. The second-order valence-corrected chi connectivity index (χ2v) is 2.90. The predicted octanol–water partition coefficient (Wildman–Crippen LogP) is 2.07. The molecular formula is C9H8F3NO2. The summed E-state index contributed by atoms with van der Waals surface area (Å²) in [5.74, 6) is -6.82. The van der Waals surface area contributed by atoms with Gasteiger partial charge < -0.3 is 4.74 Å². The van der Waals surface area contributed by atoms with Gasteiger partial charge in [-0.1, -0.05) is 0 Å². The fourth-order valence-electron chi connectivity index (χ4n) is 1.02. The standard InChI is InChI=1S/C9H8F3NO2/c1-9(11,12)7(14)6-5(15-2)3-4-13-8(6)10/h3-4H,1-2H3. The van der Waals surface area contributed by atoms with Gasteiger partial charge in [-0.05, 0) is 6.07 Å². The third-order valence-electron chi connectivity index (χ3n) is 1.71. The van der Waals surface area contributed by atoms with Crippen molar-refractivity contribution in [2.75, 3.05) is 7.11 Å². The van der Waals surface area contributed by atoms with E-state index >= 15 is 0 Å². The summed E-state index contributed by atoms with van der Waals surface area (Å²) in [6, 6.07) is 1.14. The Morgan fingerprint density at radius 2 is 2.13 bits per heavy atom. The van der Waals surface area contributed by atoms with Crippen LogP contribution in [-0.2, 0) is 0 Å². The average molecular weight is 219 g/mol. The topological polar surface area (TPSA) is 39.2 Å². The van der Waals surface area contributed by atoms with Crippen molar-refractivity contribution >= 4 is 5.78 Å². The van der Waals surface area contributed by atoms with Gasteiger partial charge in [-0.3, -0.25) is 4.79 Å². The summed E-state index contributed by atoms with van der Waals surface area (Å²) < 4.78 is 43.1. The summed E-state index contributed by atoms with van der Waals surface area (Å²) >= 11 is 0. The van der Waals surface area contributed by atoms with Gasteiger partial charge in [-0.25, -0.2) is 4.98 Å². The van der Waals surface area contributed by atoms with E-state index in [2.05, 4.69) is 9.72 Å². The SMILES string of the molecule is COc1ccnc(F)c1C(=O)C(C)(F)F. The molecule has 1 rings (SSSR count). The van der Waals surface area contributed by atoms with Crippen LogP contribution >= 0.6 is 0 Å². The molecule has 0 N–H and O–H groups in total. The Kier molecular flexibility index (Phi) is 2.97. The minimum absolute atomic E-state index is 0.256. The minimum atomic E-state index is -3.66. The molecule has 3 nitrogen and oxygen atoms in total. The highest BCUT2D eigenvalue weighted by molar-refractivity contribution is 6.03. The van der Waals surface area contributed by atoms with Crippen molar-refractivity contribution in [3.05, 3.63) is 23.8 Å². The van der Waals surface area contributed by atoms with Crippen molar-refractivity contribution in [1.29, 1.82) is 0 Å². The smallest absolute Gasteiger partial charge is 0.307 e. The monoisotopic (exact) mass is 219 g/mol. The number of pyridine rings is 1. The summed E-state index contributed by atoms with van der Waals surface area (Å²) in [6.45, 7) is 0.390. The van der Waals surface area contributed by atoms with Gasteiger partial charge in [0.15, 0.2) is 0 Å². The Hall–Kier alpha value is -1.59. The van der Waals surface area contributed by atoms with Crippen molar-refractivity contribution in [2.45, 2.75) is 12.8 Å². The molecule has 1 aromatic heterocycles. The number of aromatic nitrogens is 1. The van der Waals surface area contributed by atoms with E-state index in [1.54, 1.807) is 0 Å². The van der Waals surface area contributed by atoms with E-state index in [9.17, 15) is 18.0 Å². The van der Waals surface area contributed by atoms with Gasteiger partial charge in [-0.2, -0.15) is 13.2 Å². The number of nitrogens with zero attached hydrogens (tertiary/aromatic N) is 1. The molecule has 0 amide bonds. The largest absolute Gasteiger partial charge is 0.496 e. The number of rotatable bonds is 3. The number of carbonyl (C=O) groups is 1. The molecule has 1 aromatic rings. The van der Waals surface area contributed by atoms with Crippen molar-refractivity contribution in [3.63, 3.8) is 0 Å². The summed E-state index contributed by atoms with van der Waals surface area (Å²) in [5.41, 5.74) is -0.826. The molecule has 0 spiro atoms. The number of carbonyl (C=O) groups excluding carboxylic acids is 1. The van der Waals surface area contributed by atoms with Crippen LogP contribution in [0.1, 0.15) is 17.3 Å². The predicted molar refractivity (Wildman–Crippen MR) is 45.7 cm³/mol. The van der Waals surface area contributed by atoms with Crippen LogP contribution in [-0.4, -0.2) is 23.8 Å². The normalized spacial score (nSPS) is 11.3. The van der Waals surface area contributed by atoms with Gasteiger partial charge in [0.05, 0.1) is 7.11 Å². The molecule has 0 radical (unpaired) electrons. The summed E-state index contributed by atoms with van der Waals surface area (Å²) in [5, 5.41) is 0. The molecule has 0 unspecified atom stereocenters. The lowest BCUT2D eigenvalue weighted by molar-refractivity contribution is 0.0213. The first-order chi connectivity index (χ1) is 6.88. The number of hydrogen-bond donors (Lipinski definition) is 0. The molecule has 82 valence electrons. The fourth-order valence-corrected chi connectivity index (χ4v) is 1.02. The zero-order valence-electron chi connectivity index (χ0n) is 8.05. The quantitative estimate of drug-likeness (QED) is 0.577. The van der Waals surface area contributed by atoms with Crippen molar-refractivity contribution in [1.82, 2.24) is 4.98 Å². The van der Waals surface area contributed by atoms with Crippen LogP contribution in [0.2, 0.25) is 0 Å². The van der Waals surface area contributed by atoms with Gasteiger partial charge in [0, 0.05) is 13.1 Å². The lowest BCUT2D eigenvalue weighted by Crippen LogP contribution is -2.26. The van der Waals surface area contributed by atoms with E-state index in [4.69, 9.17) is 0 Å². The molecule has 0 atom stereocenters. The first kappa shape index (κ1) is 11.5. The number of Topliss-reactive ketones (excluding diaryl/α,β-unsaturated/α-hetero) is 1. The van der Waals surface area contributed by atoms with Crippen molar-refractivity contribution in [3.8, 4) is 5.75 Å². The van der Waals surface area contributed by atoms with Gasteiger partial charge >= 0.3 is 5.92 Å². The highest BCUT2D eigenvalue weighted by Crippen LogP contribution is 2.27. The number of ether oxygens (including phenoxy) is 1. The zero-order chi connectivity index (χ0) is 11.6. The van der Waals surface area contributed by atoms with Crippen LogP contribution in [0.5, 0.6) is 5.75 Å². The van der Waals surface area contributed by atoms with Crippen LogP contribution in [0, 0.1) is 5.95 Å². The Morgan fingerprint density at radius 3 is 2.60 bits per heavy atom. The molecule has 0 fully saturated rings. The molecule has 6 heteroatoms. The highest BCUT2D eigenvalue weighted by atomic mass is 19.3. The van der Waals surface area contributed by atoms with Crippen LogP contribution in [0.25, 0.3) is 0 Å². The molecule has 0 aliphatic heterocycles. The maximum Gasteiger partial charge on any atom is 0.307 e. The number of halogens is 3. The van der Waals surface area contributed by atoms with Gasteiger partial charge in [-0.15, -0.1) is 0 Å². The third-order valence-corrected chi connectivity index (χ3v) is 1.71. The molecular weight excluding hydrogens is 211 g/mol. The molecule has 0 aliphatic carbocycles. The van der Waals surface area contributed by atoms with E-state index in [1.165, 1.54) is 0 Å². The summed E-state index contributed by atoms with van der Waals surface area (Å²) in [4.78, 5) is 14.3. The van der Waals surface area contributed by atoms with Gasteiger partial charge in [0.25, 0.3) is 0 Å². The van der Waals surface area contributed by atoms with E-state index < -0.39 is 23.2 Å². The van der Waals surface area contributed by atoms with Crippen LogP contribution < -0.4 is 4.74 Å². The van der Waals surface area contributed by atoms with Gasteiger partial charge in [0.1, 0.15) is 11.3 Å². The first-order valence-electron chi connectivity index (χ1n) is 3.99. The van der Waals surface area contributed by atoms with Crippen LogP contribution in [0.3, 0.4) is 0 Å². The Bertz CT molecular complexity index is 387. The highest BCUT2D eigenvalue weighted by Gasteiger charge is 2.37. The molecule has 0 saturated carbocycles. The molecule has 15 heavy (non-hydrogen) atoms. The van der Waals surface area contributed by atoms with E-state index in [1.807, 2.05) is 0 Å². The molecule has 0 saturated heterocycles. The van der Waals surface area contributed by atoms with E-state index in [-0.39, 0.29) is 5.75 Å². The lowest BCUT2D eigenvalue weighted by Gasteiger charge is -2.11. The Morgan fingerprint density at radius 1 is 1.53 bits per heavy atom. The van der Waals surface area contributed by atoms with E-state index in [0.717, 1.165) is 19.4 Å². The maximum absolute atomic E-state index is 13.1. The van der Waals surface area contributed by atoms with Crippen molar-refractivity contribution in [2.24, 2.45) is 0 Å². The van der Waals surface area contributed by atoms with Crippen LogP contribution in [0.4, 0.5) is 13.2 Å². The third kappa shape index (κ3) is 2.26. The van der Waals surface area contributed by atoms with Crippen LogP contribution in [0.15, 0.2) is 12.3 Å². The molecule has 0 bridgehead atoms. The Labute approximate surface area is 83.9 Å². The number of alkyl halides is 2. The van der Waals surface area contributed by atoms with Crippen molar-refractivity contribution < 1.29 is 22.7 Å². The van der Waals surface area contributed by atoms with Gasteiger partial charge in [0.2, 0.25) is 11.7 Å². The maximum atomic E-state index is 13.1. The minimum Gasteiger partial charge on any atom is -0.496 e. The molecule has 0 aliphatic rings. The number of methoxy groups -OCH3 is 1. The summed E-state index contributed by atoms with van der Waals surface area (Å²) in [6.07, 6.45) is 1.03. The van der Waals surface area contributed by atoms with E-state index in [0.29, 0.717) is 6.92 Å². The average Bonchev–Trinajstić information content (AvgIpc) is 2.15. The molecule has 0 aromatic carbocycles. The number of ketones is 1. The fraction of sp³-hybridized carbons (Fsp3) is 0.333. The number of hydrogen-bond acceptors (Lipinski definition) is 3. The Balaban J connectivity index is 3.30.